The molecule has 6 nitrogen and oxygen atoms in total. The van der Waals surface area contributed by atoms with Crippen LogP contribution in [-0.2, 0) is 18.3 Å². The molecule has 2 aromatic rings. The SMILES string of the molecule is CC(C)C(NC(=O)CCCc1cn[nH]c1)c1nccn1C. The molecule has 0 saturated carbocycles. The predicted octanol–water partition coefficient (Wildman–Crippen LogP) is 1.98. The molecule has 2 N–H and O–H groups in total. The van der Waals surface area contributed by atoms with Crippen molar-refractivity contribution >= 4 is 5.91 Å². The third-order valence-electron chi connectivity index (χ3n) is 3.54. The summed E-state index contributed by atoms with van der Waals surface area (Å²) in [5.41, 5.74) is 1.13. The lowest BCUT2D eigenvalue weighted by atomic mass is 10.0. The van der Waals surface area contributed by atoms with Crippen LogP contribution in [0.1, 0.15) is 44.1 Å². The van der Waals surface area contributed by atoms with E-state index in [9.17, 15) is 4.79 Å². The smallest absolute Gasteiger partial charge is 0.220 e. The molecule has 0 aliphatic heterocycles. The Morgan fingerprint density at radius 2 is 2.29 bits per heavy atom. The summed E-state index contributed by atoms with van der Waals surface area (Å²) in [6, 6.07) is -0.0496. The lowest BCUT2D eigenvalue weighted by Crippen LogP contribution is -2.33. The first-order chi connectivity index (χ1) is 10.1. The van der Waals surface area contributed by atoms with Crippen molar-refractivity contribution in [1.29, 1.82) is 0 Å². The summed E-state index contributed by atoms with van der Waals surface area (Å²) in [4.78, 5) is 16.5. The van der Waals surface area contributed by atoms with Gasteiger partial charge in [0.1, 0.15) is 5.82 Å². The minimum atomic E-state index is -0.0496. The van der Waals surface area contributed by atoms with E-state index >= 15 is 0 Å². The van der Waals surface area contributed by atoms with Crippen LogP contribution in [-0.4, -0.2) is 25.7 Å². The number of carbonyl (C=O) groups is 1. The normalized spacial score (nSPS) is 12.6. The standard InChI is InChI=1S/C15H23N5O/c1-11(2)14(15-16-7-8-20(15)3)19-13(21)6-4-5-12-9-17-18-10-12/h7-11,14H,4-6H2,1-3H3,(H,17,18)(H,19,21). The quantitative estimate of drug-likeness (QED) is 0.818. The molecule has 6 heteroatoms. The number of hydrogen-bond donors (Lipinski definition) is 2. The molecule has 1 amide bonds. The Morgan fingerprint density at radius 3 is 2.86 bits per heavy atom. The van der Waals surface area contributed by atoms with Gasteiger partial charge in [0.15, 0.2) is 0 Å². The first-order valence-corrected chi connectivity index (χ1v) is 7.32. The van der Waals surface area contributed by atoms with Crippen molar-refractivity contribution < 1.29 is 4.79 Å². The highest BCUT2D eigenvalue weighted by atomic mass is 16.1. The Hall–Kier alpha value is -2.11. The summed E-state index contributed by atoms with van der Waals surface area (Å²) < 4.78 is 1.95. The summed E-state index contributed by atoms with van der Waals surface area (Å²) in [7, 11) is 1.95. The van der Waals surface area contributed by atoms with Crippen LogP contribution in [0.15, 0.2) is 24.8 Å². The molecule has 0 aromatic carbocycles. The monoisotopic (exact) mass is 289 g/mol. The summed E-state index contributed by atoms with van der Waals surface area (Å²) >= 11 is 0. The average molecular weight is 289 g/mol. The van der Waals surface area contributed by atoms with E-state index in [2.05, 4.69) is 34.3 Å². The number of nitrogens with one attached hydrogen (secondary N) is 2. The van der Waals surface area contributed by atoms with E-state index in [0.717, 1.165) is 24.2 Å². The fourth-order valence-corrected chi connectivity index (χ4v) is 2.32. The van der Waals surface area contributed by atoms with E-state index in [1.54, 1.807) is 12.4 Å². The number of aryl methyl sites for hydroxylation is 2. The molecule has 114 valence electrons. The van der Waals surface area contributed by atoms with E-state index in [4.69, 9.17) is 0 Å². The number of amides is 1. The van der Waals surface area contributed by atoms with Gasteiger partial charge in [0.25, 0.3) is 0 Å². The summed E-state index contributed by atoms with van der Waals surface area (Å²) in [5, 5.41) is 9.77. The van der Waals surface area contributed by atoms with Crippen molar-refractivity contribution in [1.82, 2.24) is 25.1 Å². The van der Waals surface area contributed by atoms with Gasteiger partial charge in [-0.25, -0.2) is 4.98 Å². The predicted molar refractivity (Wildman–Crippen MR) is 80.5 cm³/mol. The fourth-order valence-electron chi connectivity index (χ4n) is 2.32. The van der Waals surface area contributed by atoms with Crippen LogP contribution in [0.4, 0.5) is 0 Å². The van der Waals surface area contributed by atoms with Gasteiger partial charge in [-0.1, -0.05) is 13.8 Å². The molecule has 0 saturated heterocycles. The van der Waals surface area contributed by atoms with Gasteiger partial charge in [-0.05, 0) is 24.3 Å². The minimum absolute atomic E-state index is 0.0496. The van der Waals surface area contributed by atoms with Gasteiger partial charge in [0, 0.05) is 32.1 Å². The molecule has 2 heterocycles. The highest BCUT2D eigenvalue weighted by Gasteiger charge is 2.21. The molecule has 0 aliphatic rings. The molecule has 1 atom stereocenters. The van der Waals surface area contributed by atoms with Gasteiger partial charge >= 0.3 is 0 Å². The molecule has 2 aromatic heterocycles. The highest BCUT2D eigenvalue weighted by Crippen LogP contribution is 2.19. The molecule has 0 aliphatic carbocycles. The zero-order chi connectivity index (χ0) is 15.2. The lowest BCUT2D eigenvalue weighted by molar-refractivity contribution is -0.122. The van der Waals surface area contributed by atoms with Gasteiger partial charge < -0.3 is 9.88 Å². The van der Waals surface area contributed by atoms with Gasteiger partial charge in [-0.2, -0.15) is 5.10 Å². The number of imidazole rings is 1. The Kier molecular flexibility index (Phi) is 5.14. The zero-order valence-corrected chi connectivity index (χ0v) is 12.8. The van der Waals surface area contributed by atoms with Crippen molar-refractivity contribution in [3.63, 3.8) is 0 Å². The summed E-state index contributed by atoms with van der Waals surface area (Å²) in [6.07, 6.45) is 9.51. The molecular formula is C15H23N5O. The lowest BCUT2D eigenvalue weighted by Gasteiger charge is -2.22. The molecule has 0 radical (unpaired) electrons. The van der Waals surface area contributed by atoms with E-state index in [1.807, 2.05) is 24.0 Å². The Morgan fingerprint density at radius 1 is 1.48 bits per heavy atom. The van der Waals surface area contributed by atoms with Crippen molar-refractivity contribution in [2.24, 2.45) is 13.0 Å². The van der Waals surface area contributed by atoms with E-state index in [-0.39, 0.29) is 11.9 Å². The van der Waals surface area contributed by atoms with Crippen molar-refractivity contribution in [2.45, 2.75) is 39.2 Å². The molecule has 0 spiro atoms. The third-order valence-corrected chi connectivity index (χ3v) is 3.54. The second-order valence-corrected chi connectivity index (χ2v) is 5.65. The number of aromatic amines is 1. The maximum absolute atomic E-state index is 12.1. The second kappa shape index (κ2) is 7.06. The number of hydrogen-bond acceptors (Lipinski definition) is 3. The molecular weight excluding hydrogens is 266 g/mol. The van der Waals surface area contributed by atoms with Crippen LogP contribution in [0.25, 0.3) is 0 Å². The maximum Gasteiger partial charge on any atom is 0.220 e. The molecule has 0 bridgehead atoms. The second-order valence-electron chi connectivity index (χ2n) is 5.65. The van der Waals surface area contributed by atoms with Gasteiger partial charge in [-0.15, -0.1) is 0 Å². The van der Waals surface area contributed by atoms with Crippen molar-refractivity contribution in [3.8, 4) is 0 Å². The van der Waals surface area contributed by atoms with Crippen molar-refractivity contribution in [3.05, 3.63) is 36.2 Å². The van der Waals surface area contributed by atoms with Crippen LogP contribution in [0.2, 0.25) is 0 Å². The third kappa shape index (κ3) is 4.18. The van der Waals surface area contributed by atoms with Crippen LogP contribution >= 0.6 is 0 Å². The number of H-pyrrole nitrogens is 1. The van der Waals surface area contributed by atoms with Gasteiger partial charge in [-0.3, -0.25) is 9.89 Å². The molecule has 0 fully saturated rings. The maximum atomic E-state index is 12.1. The first kappa shape index (κ1) is 15.3. The van der Waals surface area contributed by atoms with Crippen molar-refractivity contribution in [2.75, 3.05) is 0 Å². The number of aromatic nitrogens is 4. The van der Waals surface area contributed by atoms with Gasteiger partial charge in [0.2, 0.25) is 5.91 Å². The van der Waals surface area contributed by atoms with E-state index in [1.165, 1.54) is 0 Å². The molecule has 1 unspecified atom stereocenters. The topological polar surface area (TPSA) is 75.6 Å². The number of rotatable bonds is 7. The van der Waals surface area contributed by atoms with Crippen LogP contribution in [0, 0.1) is 5.92 Å². The number of carbonyl (C=O) groups excluding carboxylic acids is 1. The Labute approximate surface area is 125 Å². The molecule has 21 heavy (non-hydrogen) atoms. The highest BCUT2D eigenvalue weighted by molar-refractivity contribution is 5.76. The summed E-state index contributed by atoms with van der Waals surface area (Å²) in [6.45, 7) is 4.18. The molecule has 2 rings (SSSR count). The van der Waals surface area contributed by atoms with E-state index in [0.29, 0.717) is 12.3 Å². The van der Waals surface area contributed by atoms with E-state index < -0.39 is 0 Å². The van der Waals surface area contributed by atoms with Gasteiger partial charge in [0.05, 0.1) is 12.2 Å². The fraction of sp³-hybridized carbons (Fsp3) is 0.533. The Bertz CT molecular complexity index is 558. The van der Waals surface area contributed by atoms with Crippen LogP contribution in [0.5, 0.6) is 0 Å². The number of nitrogens with zero attached hydrogens (tertiary/aromatic N) is 3. The van der Waals surface area contributed by atoms with Crippen LogP contribution in [0.3, 0.4) is 0 Å². The minimum Gasteiger partial charge on any atom is -0.346 e. The average Bonchev–Trinajstić information content (AvgIpc) is 3.07. The first-order valence-electron chi connectivity index (χ1n) is 7.32. The van der Waals surface area contributed by atoms with Crippen LogP contribution < -0.4 is 5.32 Å². The zero-order valence-electron chi connectivity index (χ0n) is 12.8. The summed E-state index contributed by atoms with van der Waals surface area (Å²) in [5.74, 6) is 1.26. The largest absolute Gasteiger partial charge is 0.346 e. The Balaban J connectivity index is 1.85.